The molecule has 1 aromatic carbocycles. The lowest BCUT2D eigenvalue weighted by atomic mass is 9.94. The standard InChI is InChI=1S/C16H24BrNO/c1-12(19-2)9-14(11-18-16-7-8-16)10-13-3-5-15(17)6-4-13/h3-6,12,14,16,18H,7-11H2,1-2H3. The number of halogens is 1. The van der Waals surface area contributed by atoms with Crippen LogP contribution in [0.2, 0.25) is 0 Å². The second kappa shape index (κ2) is 7.41. The topological polar surface area (TPSA) is 21.3 Å². The van der Waals surface area contributed by atoms with Gasteiger partial charge in [-0.2, -0.15) is 0 Å². The Morgan fingerprint density at radius 1 is 1.32 bits per heavy atom. The van der Waals surface area contributed by atoms with Gasteiger partial charge in [0.05, 0.1) is 6.10 Å². The van der Waals surface area contributed by atoms with Crippen LogP contribution < -0.4 is 5.32 Å². The molecule has 1 aliphatic rings. The molecule has 0 saturated heterocycles. The lowest BCUT2D eigenvalue weighted by Crippen LogP contribution is -2.28. The summed E-state index contributed by atoms with van der Waals surface area (Å²) < 4.78 is 6.57. The molecule has 19 heavy (non-hydrogen) atoms. The van der Waals surface area contributed by atoms with Crippen molar-refractivity contribution in [3.63, 3.8) is 0 Å². The first-order chi connectivity index (χ1) is 9.17. The van der Waals surface area contributed by atoms with E-state index < -0.39 is 0 Å². The van der Waals surface area contributed by atoms with Gasteiger partial charge in [-0.15, -0.1) is 0 Å². The van der Waals surface area contributed by atoms with Crippen LogP contribution >= 0.6 is 15.9 Å². The predicted molar refractivity (Wildman–Crippen MR) is 83.4 cm³/mol. The molecule has 0 heterocycles. The highest BCUT2D eigenvalue weighted by Gasteiger charge is 2.22. The fourth-order valence-electron chi connectivity index (χ4n) is 2.38. The number of hydrogen-bond donors (Lipinski definition) is 1. The van der Waals surface area contributed by atoms with Crippen LogP contribution in [-0.4, -0.2) is 25.8 Å². The first kappa shape index (κ1) is 15.0. The molecule has 3 heteroatoms. The molecule has 1 aliphatic carbocycles. The van der Waals surface area contributed by atoms with Gasteiger partial charge in [-0.3, -0.25) is 0 Å². The molecule has 2 nitrogen and oxygen atoms in total. The fourth-order valence-corrected chi connectivity index (χ4v) is 2.64. The third-order valence-electron chi connectivity index (χ3n) is 3.78. The summed E-state index contributed by atoms with van der Waals surface area (Å²) >= 11 is 3.49. The maximum atomic E-state index is 5.42. The maximum Gasteiger partial charge on any atom is 0.0546 e. The average Bonchev–Trinajstić information content (AvgIpc) is 3.22. The van der Waals surface area contributed by atoms with Gasteiger partial charge in [0.2, 0.25) is 0 Å². The first-order valence-corrected chi connectivity index (χ1v) is 7.97. The van der Waals surface area contributed by atoms with Crippen molar-refractivity contribution in [2.75, 3.05) is 13.7 Å². The Kier molecular flexibility index (Phi) is 5.86. The molecule has 0 aliphatic heterocycles. The fraction of sp³-hybridized carbons (Fsp3) is 0.625. The second-order valence-electron chi connectivity index (χ2n) is 5.66. The summed E-state index contributed by atoms with van der Waals surface area (Å²) in [6.45, 7) is 3.26. The Labute approximate surface area is 125 Å². The zero-order valence-corrected chi connectivity index (χ0v) is 13.4. The van der Waals surface area contributed by atoms with E-state index >= 15 is 0 Å². The van der Waals surface area contributed by atoms with Gasteiger partial charge in [-0.25, -0.2) is 0 Å². The zero-order chi connectivity index (χ0) is 13.7. The molecule has 0 spiro atoms. The van der Waals surface area contributed by atoms with E-state index in [2.05, 4.69) is 52.4 Å². The molecule has 1 N–H and O–H groups in total. The number of rotatable bonds is 8. The number of ether oxygens (including phenoxy) is 1. The van der Waals surface area contributed by atoms with E-state index in [0.29, 0.717) is 12.0 Å². The number of methoxy groups -OCH3 is 1. The molecule has 2 unspecified atom stereocenters. The summed E-state index contributed by atoms with van der Waals surface area (Å²) in [6, 6.07) is 9.46. The summed E-state index contributed by atoms with van der Waals surface area (Å²) in [7, 11) is 1.80. The van der Waals surface area contributed by atoms with Crippen LogP contribution in [0.1, 0.15) is 31.7 Å². The Balaban J connectivity index is 1.88. The van der Waals surface area contributed by atoms with Crippen LogP contribution in [0.4, 0.5) is 0 Å². The van der Waals surface area contributed by atoms with Crippen LogP contribution in [0.3, 0.4) is 0 Å². The summed E-state index contributed by atoms with van der Waals surface area (Å²) in [5, 5.41) is 3.65. The van der Waals surface area contributed by atoms with E-state index in [0.717, 1.165) is 29.9 Å². The number of nitrogens with one attached hydrogen (secondary N) is 1. The normalized spacial score (nSPS) is 18.3. The average molecular weight is 326 g/mol. The Morgan fingerprint density at radius 2 is 2.00 bits per heavy atom. The molecule has 1 fully saturated rings. The predicted octanol–water partition coefficient (Wildman–Crippen LogP) is 3.78. The summed E-state index contributed by atoms with van der Waals surface area (Å²) in [4.78, 5) is 0. The van der Waals surface area contributed by atoms with Crippen LogP contribution in [0, 0.1) is 5.92 Å². The van der Waals surface area contributed by atoms with Crippen molar-refractivity contribution in [1.29, 1.82) is 0 Å². The third kappa shape index (κ3) is 5.64. The zero-order valence-electron chi connectivity index (χ0n) is 11.9. The molecular weight excluding hydrogens is 302 g/mol. The van der Waals surface area contributed by atoms with Crippen molar-refractivity contribution in [2.45, 2.75) is 44.8 Å². The molecular formula is C16H24BrNO. The molecule has 0 amide bonds. The van der Waals surface area contributed by atoms with Gasteiger partial charge in [0, 0.05) is 17.6 Å². The second-order valence-corrected chi connectivity index (χ2v) is 6.58. The first-order valence-electron chi connectivity index (χ1n) is 7.18. The van der Waals surface area contributed by atoms with Crippen molar-refractivity contribution in [3.05, 3.63) is 34.3 Å². The van der Waals surface area contributed by atoms with Crippen molar-refractivity contribution in [2.24, 2.45) is 5.92 Å². The molecule has 1 saturated carbocycles. The Bertz CT molecular complexity index is 375. The largest absolute Gasteiger partial charge is 0.382 e. The minimum Gasteiger partial charge on any atom is -0.382 e. The lowest BCUT2D eigenvalue weighted by molar-refractivity contribution is 0.0945. The van der Waals surface area contributed by atoms with Gasteiger partial charge in [-0.05, 0) is 62.8 Å². The van der Waals surface area contributed by atoms with Crippen LogP contribution in [0.25, 0.3) is 0 Å². The number of hydrogen-bond acceptors (Lipinski definition) is 2. The van der Waals surface area contributed by atoms with Gasteiger partial charge in [0.1, 0.15) is 0 Å². The van der Waals surface area contributed by atoms with Crippen LogP contribution in [0.5, 0.6) is 0 Å². The third-order valence-corrected chi connectivity index (χ3v) is 4.31. The van der Waals surface area contributed by atoms with Crippen LogP contribution in [-0.2, 0) is 11.2 Å². The highest BCUT2D eigenvalue weighted by Crippen LogP contribution is 2.22. The maximum absolute atomic E-state index is 5.42. The van der Waals surface area contributed by atoms with E-state index in [4.69, 9.17) is 4.74 Å². The van der Waals surface area contributed by atoms with Crippen molar-refractivity contribution < 1.29 is 4.74 Å². The van der Waals surface area contributed by atoms with Crippen molar-refractivity contribution in [1.82, 2.24) is 5.32 Å². The van der Waals surface area contributed by atoms with Crippen LogP contribution in [0.15, 0.2) is 28.7 Å². The van der Waals surface area contributed by atoms with E-state index in [1.165, 1.54) is 18.4 Å². The summed E-state index contributed by atoms with van der Waals surface area (Å²) in [6.07, 6.45) is 5.28. The monoisotopic (exact) mass is 325 g/mol. The summed E-state index contributed by atoms with van der Waals surface area (Å²) in [5.74, 6) is 0.650. The molecule has 0 bridgehead atoms. The summed E-state index contributed by atoms with van der Waals surface area (Å²) in [5.41, 5.74) is 1.41. The van der Waals surface area contributed by atoms with E-state index in [1.54, 1.807) is 7.11 Å². The van der Waals surface area contributed by atoms with Gasteiger partial charge >= 0.3 is 0 Å². The highest BCUT2D eigenvalue weighted by atomic mass is 79.9. The Morgan fingerprint density at radius 3 is 2.58 bits per heavy atom. The van der Waals surface area contributed by atoms with E-state index in [9.17, 15) is 0 Å². The molecule has 0 aromatic heterocycles. The molecule has 106 valence electrons. The van der Waals surface area contributed by atoms with Gasteiger partial charge in [-0.1, -0.05) is 28.1 Å². The van der Waals surface area contributed by atoms with Crippen molar-refractivity contribution in [3.8, 4) is 0 Å². The smallest absolute Gasteiger partial charge is 0.0546 e. The van der Waals surface area contributed by atoms with Gasteiger partial charge in [0.25, 0.3) is 0 Å². The van der Waals surface area contributed by atoms with Crippen molar-refractivity contribution >= 4 is 15.9 Å². The lowest BCUT2D eigenvalue weighted by Gasteiger charge is -2.21. The molecule has 2 rings (SSSR count). The minimum absolute atomic E-state index is 0.335. The highest BCUT2D eigenvalue weighted by molar-refractivity contribution is 9.10. The van der Waals surface area contributed by atoms with Gasteiger partial charge < -0.3 is 10.1 Å². The van der Waals surface area contributed by atoms with E-state index in [-0.39, 0.29) is 0 Å². The number of benzene rings is 1. The molecule has 1 aromatic rings. The Hall–Kier alpha value is -0.380. The quantitative estimate of drug-likeness (QED) is 0.785. The molecule has 2 atom stereocenters. The molecule has 0 radical (unpaired) electrons. The minimum atomic E-state index is 0.335. The van der Waals surface area contributed by atoms with E-state index in [1.807, 2.05) is 0 Å². The SMILES string of the molecule is COC(C)CC(CNC1CC1)Cc1ccc(Br)cc1. The van der Waals surface area contributed by atoms with Gasteiger partial charge in [0.15, 0.2) is 0 Å².